The van der Waals surface area contributed by atoms with Crippen LogP contribution in [-0.2, 0) is 0 Å². The molecule has 0 bridgehead atoms. The standard InChI is InChI=1S/C15H14I2N2O2/c16-11-9-12(17)14(13-10(11)5-4-6-18-13)21-15(20)19-7-2-1-3-8-19/h4-6,9H,1-3,7-8H2. The van der Waals surface area contributed by atoms with E-state index in [1.807, 2.05) is 18.2 Å². The maximum atomic E-state index is 12.3. The van der Waals surface area contributed by atoms with E-state index in [0.717, 1.165) is 44.0 Å². The van der Waals surface area contributed by atoms with E-state index in [9.17, 15) is 4.79 Å². The highest BCUT2D eigenvalue weighted by molar-refractivity contribution is 14.1. The number of ether oxygens (including phenoxy) is 1. The third-order valence-electron chi connectivity index (χ3n) is 3.55. The van der Waals surface area contributed by atoms with Gasteiger partial charge in [0.1, 0.15) is 5.52 Å². The minimum atomic E-state index is -0.263. The van der Waals surface area contributed by atoms with Crippen molar-refractivity contribution in [3.8, 4) is 5.75 Å². The summed E-state index contributed by atoms with van der Waals surface area (Å²) >= 11 is 4.48. The predicted octanol–water partition coefficient (Wildman–Crippen LogP) is 4.43. The molecule has 6 heteroatoms. The van der Waals surface area contributed by atoms with Gasteiger partial charge in [0, 0.05) is 28.2 Å². The van der Waals surface area contributed by atoms with E-state index < -0.39 is 0 Å². The molecule has 0 N–H and O–H groups in total. The van der Waals surface area contributed by atoms with Crippen LogP contribution in [0.3, 0.4) is 0 Å². The number of nitrogens with zero attached hydrogens (tertiary/aromatic N) is 2. The Morgan fingerprint density at radius 1 is 1.19 bits per heavy atom. The number of fused-ring (bicyclic) bond motifs is 1. The van der Waals surface area contributed by atoms with Crippen LogP contribution < -0.4 is 4.74 Å². The Morgan fingerprint density at radius 2 is 1.95 bits per heavy atom. The van der Waals surface area contributed by atoms with Gasteiger partial charge in [0.2, 0.25) is 0 Å². The van der Waals surface area contributed by atoms with E-state index in [-0.39, 0.29) is 6.09 Å². The SMILES string of the molecule is O=C(Oc1c(I)cc(I)c2cccnc12)N1CCCCC1. The topological polar surface area (TPSA) is 42.4 Å². The first-order chi connectivity index (χ1) is 10.2. The number of pyridine rings is 1. The molecule has 1 aliphatic rings. The molecule has 3 rings (SSSR count). The highest BCUT2D eigenvalue weighted by Crippen LogP contribution is 2.33. The van der Waals surface area contributed by atoms with E-state index >= 15 is 0 Å². The Labute approximate surface area is 150 Å². The number of hydrogen-bond donors (Lipinski definition) is 0. The number of carbonyl (C=O) groups is 1. The third kappa shape index (κ3) is 3.25. The molecule has 0 atom stereocenters. The van der Waals surface area contributed by atoms with E-state index in [1.54, 1.807) is 11.1 Å². The molecule has 0 unspecified atom stereocenters. The molecule has 2 aromatic rings. The summed E-state index contributed by atoms with van der Waals surface area (Å²) in [6.07, 6.45) is 4.76. The van der Waals surface area contributed by atoms with Gasteiger partial charge in [-0.05, 0) is 76.6 Å². The average molecular weight is 508 g/mol. The summed E-state index contributed by atoms with van der Waals surface area (Å²) in [6, 6.07) is 5.91. The van der Waals surface area contributed by atoms with Crippen molar-refractivity contribution in [2.45, 2.75) is 19.3 Å². The first-order valence-electron chi connectivity index (χ1n) is 6.86. The van der Waals surface area contributed by atoms with Crippen LogP contribution in [0.5, 0.6) is 5.75 Å². The van der Waals surface area contributed by atoms with Crippen LogP contribution in [0.1, 0.15) is 19.3 Å². The summed E-state index contributed by atoms with van der Waals surface area (Å²) in [7, 11) is 0. The second-order valence-corrected chi connectivity index (χ2v) is 7.31. The summed E-state index contributed by atoms with van der Waals surface area (Å²) in [5.41, 5.74) is 0.749. The second-order valence-electron chi connectivity index (χ2n) is 4.98. The van der Waals surface area contributed by atoms with Crippen LogP contribution in [0.25, 0.3) is 10.9 Å². The average Bonchev–Trinajstić information content (AvgIpc) is 2.52. The number of aromatic nitrogens is 1. The number of halogens is 2. The Bertz CT molecular complexity index is 685. The van der Waals surface area contributed by atoms with Crippen molar-refractivity contribution in [2.24, 2.45) is 0 Å². The molecule has 0 aliphatic carbocycles. The number of hydrogen-bond acceptors (Lipinski definition) is 3. The molecule has 0 spiro atoms. The van der Waals surface area contributed by atoms with Crippen molar-refractivity contribution in [3.05, 3.63) is 31.5 Å². The monoisotopic (exact) mass is 508 g/mol. The number of benzene rings is 1. The van der Waals surface area contributed by atoms with Gasteiger partial charge in [-0.15, -0.1) is 0 Å². The molecule has 110 valence electrons. The normalized spacial score (nSPS) is 15.2. The number of piperidine rings is 1. The first-order valence-corrected chi connectivity index (χ1v) is 9.02. The number of likely N-dealkylation sites (tertiary alicyclic amines) is 1. The smallest absolute Gasteiger partial charge is 0.407 e. The van der Waals surface area contributed by atoms with Gasteiger partial charge in [0.05, 0.1) is 3.57 Å². The lowest BCUT2D eigenvalue weighted by molar-refractivity contribution is 0.142. The third-order valence-corrected chi connectivity index (χ3v) is 5.25. The van der Waals surface area contributed by atoms with Crippen molar-refractivity contribution in [3.63, 3.8) is 0 Å². The zero-order valence-corrected chi connectivity index (χ0v) is 15.6. The van der Waals surface area contributed by atoms with Crippen LogP contribution in [-0.4, -0.2) is 29.1 Å². The van der Waals surface area contributed by atoms with E-state index in [4.69, 9.17) is 4.74 Å². The zero-order chi connectivity index (χ0) is 14.8. The van der Waals surface area contributed by atoms with Gasteiger partial charge in [-0.25, -0.2) is 4.79 Å². The Kier molecular flexibility index (Phi) is 4.82. The molecular formula is C15H14I2N2O2. The lowest BCUT2D eigenvalue weighted by Gasteiger charge is -2.26. The second kappa shape index (κ2) is 6.64. The molecule has 1 amide bonds. The van der Waals surface area contributed by atoms with Gasteiger partial charge < -0.3 is 9.64 Å². The maximum Gasteiger partial charge on any atom is 0.415 e. The van der Waals surface area contributed by atoms with E-state index in [1.165, 1.54) is 6.42 Å². The minimum absolute atomic E-state index is 0.263. The quantitative estimate of drug-likeness (QED) is 0.536. The largest absolute Gasteiger partial charge is 0.415 e. The van der Waals surface area contributed by atoms with Crippen molar-refractivity contribution in [2.75, 3.05) is 13.1 Å². The van der Waals surface area contributed by atoms with Crippen LogP contribution in [0.2, 0.25) is 0 Å². The fraction of sp³-hybridized carbons (Fsp3) is 0.333. The van der Waals surface area contributed by atoms with Crippen molar-refractivity contribution >= 4 is 62.2 Å². The Hall–Kier alpha value is -0.640. The minimum Gasteiger partial charge on any atom is -0.407 e. The lowest BCUT2D eigenvalue weighted by Crippen LogP contribution is -2.37. The van der Waals surface area contributed by atoms with Crippen molar-refractivity contribution in [1.82, 2.24) is 9.88 Å². The highest BCUT2D eigenvalue weighted by atomic mass is 127. The molecular weight excluding hydrogens is 494 g/mol. The molecule has 0 radical (unpaired) electrons. The number of rotatable bonds is 1. The van der Waals surface area contributed by atoms with Crippen LogP contribution in [0.4, 0.5) is 4.79 Å². The van der Waals surface area contributed by atoms with Crippen molar-refractivity contribution < 1.29 is 9.53 Å². The maximum absolute atomic E-state index is 12.3. The van der Waals surface area contributed by atoms with Gasteiger partial charge in [-0.2, -0.15) is 0 Å². The van der Waals surface area contributed by atoms with Gasteiger partial charge in [0.25, 0.3) is 0 Å². The predicted molar refractivity (Wildman–Crippen MR) is 98.6 cm³/mol. The molecule has 0 saturated carbocycles. The highest BCUT2D eigenvalue weighted by Gasteiger charge is 2.21. The van der Waals surface area contributed by atoms with Crippen LogP contribution in [0.15, 0.2) is 24.4 Å². The van der Waals surface area contributed by atoms with Gasteiger partial charge in [-0.3, -0.25) is 4.98 Å². The molecule has 1 aromatic heterocycles. The molecule has 21 heavy (non-hydrogen) atoms. The van der Waals surface area contributed by atoms with Crippen LogP contribution in [0, 0.1) is 7.14 Å². The summed E-state index contributed by atoms with van der Waals surface area (Å²) in [6.45, 7) is 1.57. The summed E-state index contributed by atoms with van der Waals surface area (Å²) < 4.78 is 7.69. The molecule has 1 aliphatic heterocycles. The summed E-state index contributed by atoms with van der Waals surface area (Å²) in [4.78, 5) is 18.5. The molecule has 1 saturated heterocycles. The Balaban J connectivity index is 1.94. The molecule has 4 nitrogen and oxygen atoms in total. The summed E-state index contributed by atoms with van der Waals surface area (Å²) in [5, 5.41) is 1.01. The van der Waals surface area contributed by atoms with Crippen molar-refractivity contribution in [1.29, 1.82) is 0 Å². The number of amides is 1. The Morgan fingerprint density at radius 3 is 2.71 bits per heavy atom. The zero-order valence-electron chi connectivity index (χ0n) is 11.3. The fourth-order valence-corrected chi connectivity index (χ4v) is 4.49. The van der Waals surface area contributed by atoms with Gasteiger partial charge in [-0.1, -0.05) is 6.07 Å². The first kappa shape index (κ1) is 15.3. The number of carbonyl (C=O) groups excluding carboxylic acids is 1. The molecule has 2 heterocycles. The molecule has 1 fully saturated rings. The summed E-state index contributed by atoms with van der Waals surface area (Å²) in [5.74, 6) is 0.571. The lowest BCUT2D eigenvalue weighted by atomic mass is 10.1. The van der Waals surface area contributed by atoms with Gasteiger partial charge in [0.15, 0.2) is 5.75 Å². The van der Waals surface area contributed by atoms with Crippen LogP contribution >= 0.6 is 45.2 Å². The molecule has 1 aromatic carbocycles. The van der Waals surface area contributed by atoms with Gasteiger partial charge >= 0.3 is 6.09 Å². The fourth-order valence-electron chi connectivity index (χ4n) is 2.47. The van der Waals surface area contributed by atoms with E-state index in [2.05, 4.69) is 50.2 Å². The van der Waals surface area contributed by atoms with E-state index in [0.29, 0.717) is 5.75 Å².